The molecule has 2 aromatic heterocycles. The molecule has 0 saturated heterocycles. The molecule has 0 unspecified atom stereocenters. The number of ether oxygens (including phenoxy) is 3. The zero-order valence-corrected chi connectivity index (χ0v) is 16.9. The van der Waals surface area contributed by atoms with E-state index >= 15 is 0 Å². The molecule has 0 amide bonds. The van der Waals surface area contributed by atoms with E-state index in [9.17, 15) is 8.42 Å². The number of benzene rings is 1. The minimum Gasteiger partial charge on any atom is -0.497 e. The lowest BCUT2D eigenvalue weighted by Crippen LogP contribution is -2.28. The number of nitrogens with zero attached hydrogens (tertiary/aromatic N) is 2. The van der Waals surface area contributed by atoms with Gasteiger partial charge < -0.3 is 14.2 Å². The molecule has 3 aromatic rings. The number of aromatic nitrogens is 2. The van der Waals surface area contributed by atoms with Gasteiger partial charge in [0.1, 0.15) is 28.7 Å². The fraction of sp³-hybridized carbons (Fsp3) is 0.222. The van der Waals surface area contributed by atoms with Crippen LogP contribution in [0.3, 0.4) is 0 Å². The topological polar surface area (TPSA) is 99.6 Å². The van der Waals surface area contributed by atoms with Gasteiger partial charge in [0.25, 0.3) is 0 Å². The molecular weight excluding hydrogens is 402 g/mol. The van der Waals surface area contributed by atoms with Crippen molar-refractivity contribution in [3.63, 3.8) is 0 Å². The van der Waals surface area contributed by atoms with Gasteiger partial charge in [0.2, 0.25) is 15.9 Å². The Balaban J connectivity index is 1.56. The maximum absolute atomic E-state index is 12.5. The molecule has 8 nitrogen and oxygen atoms in total. The molecule has 1 aromatic carbocycles. The van der Waals surface area contributed by atoms with Crippen LogP contribution in [-0.2, 0) is 10.0 Å². The normalized spacial score (nSPS) is 11.2. The summed E-state index contributed by atoms with van der Waals surface area (Å²) in [5.41, 5.74) is 0.759. The third-order valence-electron chi connectivity index (χ3n) is 3.72. The third-order valence-corrected chi connectivity index (χ3v) is 6.11. The Morgan fingerprint density at radius 1 is 1.07 bits per heavy atom. The molecule has 0 aliphatic rings. The number of methoxy groups -OCH3 is 2. The highest BCUT2D eigenvalue weighted by molar-refractivity contribution is 7.89. The van der Waals surface area contributed by atoms with Crippen molar-refractivity contribution < 1.29 is 22.6 Å². The first-order valence-electron chi connectivity index (χ1n) is 8.25. The quantitative estimate of drug-likeness (QED) is 0.530. The molecule has 0 aliphatic heterocycles. The van der Waals surface area contributed by atoms with E-state index in [1.165, 1.54) is 26.4 Å². The zero-order valence-electron chi connectivity index (χ0n) is 15.3. The minimum absolute atomic E-state index is 0.0240. The van der Waals surface area contributed by atoms with Gasteiger partial charge in [-0.25, -0.2) is 13.1 Å². The second kappa shape index (κ2) is 9.00. The SMILES string of the molecule is COc1ccc(S(=O)(=O)NCCOc2ccc(-c3cccs3)nn2)c(OC)c1. The molecule has 1 N–H and O–H groups in total. The van der Waals surface area contributed by atoms with Gasteiger partial charge in [0, 0.05) is 18.7 Å². The maximum atomic E-state index is 12.5. The van der Waals surface area contributed by atoms with E-state index in [0.29, 0.717) is 11.6 Å². The van der Waals surface area contributed by atoms with Crippen molar-refractivity contribution in [1.29, 1.82) is 0 Å². The fourth-order valence-electron chi connectivity index (χ4n) is 2.36. The second-order valence-corrected chi connectivity index (χ2v) is 8.18. The standard InChI is InChI=1S/C18H19N3O5S2/c1-24-13-5-7-17(15(12-13)25-2)28(22,23)19-9-10-26-18-8-6-14(20-21-18)16-4-3-11-27-16/h3-8,11-12,19H,9-10H2,1-2H3. The summed E-state index contributed by atoms with van der Waals surface area (Å²) in [5, 5.41) is 10.1. The van der Waals surface area contributed by atoms with Crippen LogP contribution in [0.15, 0.2) is 52.7 Å². The first-order valence-corrected chi connectivity index (χ1v) is 10.6. The van der Waals surface area contributed by atoms with Crippen molar-refractivity contribution in [3.05, 3.63) is 47.8 Å². The maximum Gasteiger partial charge on any atom is 0.244 e. The van der Waals surface area contributed by atoms with Gasteiger partial charge in [0.05, 0.1) is 19.1 Å². The summed E-state index contributed by atoms with van der Waals surface area (Å²) in [6, 6.07) is 11.9. The summed E-state index contributed by atoms with van der Waals surface area (Å²) in [5.74, 6) is 1.02. The van der Waals surface area contributed by atoms with Crippen LogP contribution in [0.25, 0.3) is 10.6 Å². The van der Waals surface area contributed by atoms with Crippen LogP contribution in [0.2, 0.25) is 0 Å². The van der Waals surface area contributed by atoms with E-state index < -0.39 is 10.0 Å². The molecule has 2 heterocycles. The molecule has 0 radical (unpaired) electrons. The average molecular weight is 422 g/mol. The van der Waals surface area contributed by atoms with E-state index in [4.69, 9.17) is 14.2 Å². The van der Waals surface area contributed by atoms with Crippen LogP contribution in [0.1, 0.15) is 0 Å². The largest absolute Gasteiger partial charge is 0.497 e. The molecule has 0 atom stereocenters. The zero-order chi connectivity index (χ0) is 20.0. The lowest BCUT2D eigenvalue weighted by Gasteiger charge is -2.12. The van der Waals surface area contributed by atoms with Crippen molar-refractivity contribution in [2.24, 2.45) is 0 Å². The second-order valence-electron chi connectivity index (χ2n) is 5.50. The molecular formula is C18H19N3O5S2. The first kappa shape index (κ1) is 20.1. The van der Waals surface area contributed by atoms with Gasteiger partial charge in [-0.2, -0.15) is 0 Å². The summed E-state index contributed by atoms with van der Waals surface area (Å²) in [7, 11) is -0.871. The van der Waals surface area contributed by atoms with E-state index in [-0.39, 0.29) is 23.8 Å². The summed E-state index contributed by atoms with van der Waals surface area (Å²) in [4.78, 5) is 1.04. The molecule has 10 heteroatoms. The lowest BCUT2D eigenvalue weighted by atomic mass is 10.3. The van der Waals surface area contributed by atoms with Gasteiger partial charge in [-0.15, -0.1) is 21.5 Å². The third kappa shape index (κ3) is 4.77. The predicted molar refractivity (Wildman–Crippen MR) is 106 cm³/mol. The summed E-state index contributed by atoms with van der Waals surface area (Å²) in [6.07, 6.45) is 0. The Kier molecular flexibility index (Phi) is 6.45. The molecule has 3 rings (SSSR count). The first-order chi connectivity index (χ1) is 13.5. The van der Waals surface area contributed by atoms with Crippen LogP contribution in [0.5, 0.6) is 17.4 Å². The Bertz CT molecular complexity index is 1010. The highest BCUT2D eigenvalue weighted by Crippen LogP contribution is 2.28. The van der Waals surface area contributed by atoms with Gasteiger partial charge in [-0.1, -0.05) is 6.07 Å². The van der Waals surface area contributed by atoms with E-state index in [0.717, 1.165) is 10.6 Å². The summed E-state index contributed by atoms with van der Waals surface area (Å²) in [6.45, 7) is 0.163. The molecule has 0 saturated carbocycles. The van der Waals surface area contributed by atoms with Gasteiger partial charge >= 0.3 is 0 Å². The smallest absolute Gasteiger partial charge is 0.244 e. The fourth-order valence-corrected chi connectivity index (χ4v) is 4.21. The lowest BCUT2D eigenvalue weighted by molar-refractivity contribution is 0.307. The number of hydrogen-bond acceptors (Lipinski definition) is 8. The molecule has 0 bridgehead atoms. The van der Waals surface area contributed by atoms with Crippen molar-refractivity contribution in [2.75, 3.05) is 27.4 Å². The van der Waals surface area contributed by atoms with Crippen LogP contribution in [0.4, 0.5) is 0 Å². The highest BCUT2D eigenvalue weighted by atomic mass is 32.2. The molecule has 28 heavy (non-hydrogen) atoms. The van der Waals surface area contributed by atoms with Gasteiger partial charge in [0.15, 0.2) is 0 Å². The molecule has 0 fully saturated rings. The molecule has 148 valence electrons. The van der Waals surface area contributed by atoms with Crippen LogP contribution >= 0.6 is 11.3 Å². The van der Waals surface area contributed by atoms with Crippen LogP contribution in [0, 0.1) is 0 Å². The predicted octanol–water partition coefficient (Wildman–Crippen LogP) is 2.58. The number of sulfonamides is 1. The van der Waals surface area contributed by atoms with E-state index in [1.807, 2.05) is 17.5 Å². The van der Waals surface area contributed by atoms with Crippen molar-refractivity contribution in [2.45, 2.75) is 4.90 Å². The van der Waals surface area contributed by atoms with Crippen LogP contribution in [-0.4, -0.2) is 46.0 Å². The van der Waals surface area contributed by atoms with E-state index in [2.05, 4.69) is 14.9 Å². The van der Waals surface area contributed by atoms with Crippen molar-refractivity contribution in [3.8, 4) is 28.0 Å². The Morgan fingerprint density at radius 2 is 1.93 bits per heavy atom. The minimum atomic E-state index is -3.76. The average Bonchev–Trinajstić information content (AvgIpc) is 3.26. The molecule has 0 aliphatic carbocycles. The summed E-state index contributed by atoms with van der Waals surface area (Å²) < 4.78 is 43.1. The van der Waals surface area contributed by atoms with Gasteiger partial charge in [-0.05, 0) is 29.6 Å². The van der Waals surface area contributed by atoms with Crippen LogP contribution < -0.4 is 18.9 Å². The van der Waals surface area contributed by atoms with Gasteiger partial charge in [-0.3, -0.25) is 0 Å². The number of nitrogens with one attached hydrogen (secondary N) is 1. The summed E-state index contributed by atoms with van der Waals surface area (Å²) >= 11 is 1.57. The Labute approximate surface area is 167 Å². The number of rotatable bonds is 9. The number of hydrogen-bond donors (Lipinski definition) is 1. The highest BCUT2D eigenvalue weighted by Gasteiger charge is 2.19. The Hall–Kier alpha value is -2.69. The number of thiophene rings is 1. The van der Waals surface area contributed by atoms with Crippen molar-refractivity contribution in [1.82, 2.24) is 14.9 Å². The molecule has 0 spiro atoms. The van der Waals surface area contributed by atoms with Crippen molar-refractivity contribution >= 4 is 21.4 Å². The Morgan fingerprint density at radius 3 is 2.57 bits per heavy atom. The van der Waals surface area contributed by atoms with E-state index in [1.54, 1.807) is 29.5 Å². The monoisotopic (exact) mass is 421 g/mol.